The Morgan fingerprint density at radius 3 is 2.53 bits per heavy atom. The maximum Gasteiger partial charge on any atom is 0.0889 e. The SMILES string of the molecule is CCOC1(C(NN)c2ccc(C)cc2C)CCCC1. The van der Waals surface area contributed by atoms with Crippen molar-refractivity contribution in [2.75, 3.05) is 6.61 Å². The summed E-state index contributed by atoms with van der Waals surface area (Å²) in [5, 5.41) is 0. The van der Waals surface area contributed by atoms with Crippen LogP contribution in [0, 0.1) is 13.8 Å². The number of ether oxygens (including phenoxy) is 1. The zero-order chi connectivity index (χ0) is 13.9. The van der Waals surface area contributed by atoms with Gasteiger partial charge in [0, 0.05) is 6.61 Å². The molecule has 0 radical (unpaired) electrons. The fourth-order valence-electron chi connectivity index (χ4n) is 3.45. The van der Waals surface area contributed by atoms with Crippen LogP contribution < -0.4 is 11.3 Å². The molecular weight excluding hydrogens is 236 g/mol. The Kier molecular flexibility index (Phi) is 4.61. The van der Waals surface area contributed by atoms with Crippen molar-refractivity contribution in [3.05, 3.63) is 34.9 Å². The van der Waals surface area contributed by atoms with Crippen LogP contribution in [0.5, 0.6) is 0 Å². The van der Waals surface area contributed by atoms with Gasteiger partial charge in [-0.3, -0.25) is 11.3 Å². The van der Waals surface area contributed by atoms with Crippen LogP contribution in [-0.2, 0) is 4.74 Å². The van der Waals surface area contributed by atoms with Crippen molar-refractivity contribution in [2.24, 2.45) is 5.84 Å². The van der Waals surface area contributed by atoms with Crippen LogP contribution >= 0.6 is 0 Å². The van der Waals surface area contributed by atoms with E-state index >= 15 is 0 Å². The van der Waals surface area contributed by atoms with Gasteiger partial charge in [-0.25, -0.2) is 0 Å². The van der Waals surface area contributed by atoms with Crippen molar-refractivity contribution in [1.82, 2.24) is 5.43 Å². The van der Waals surface area contributed by atoms with Gasteiger partial charge < -0.3 is 4.74 Å². The molecule has 1 aliphatic carbocycles. The summed E-state index contributed by atoms with van der Waals surface area (Å²) in [5.74, 6) is 5.88. The van der Waals surface area contributed by atoms with Gasteiger partial charge in [0.1, 0.15) is 0 Å². The highest BCUT2D eigenvalue weighted by atomic mass is 16.5. The van der Waals surface area contributed by atoms with E-state index in [2.05, 4.69) is 44.4 Å². The molecule has 1 fully saturated rings. The van der Waals surface area contributed by atoms with Crippen molar-refractivity contribution in [3.63, 3.8) is 0 Å². The van der Waals surface area contributed by atoms with Crippen LogP contribution in [0.2, 0.25) is 0 Å². The molecule has 0 amide bonds. The number of hydrogen-bond donors (Lipinski definition) is 2. The molecule has 1 unspecified atom stereocenters. The third-order valence-electron chi connectivity index (χ3n) is 4.31. The van der Waals surface area contributed by atoms with Crippen LogP contribution in [-0.4, -0.2) is 12.2 Å². The molecule has 3 N–H and O–H groups in total. The second kappa shape index (κ2) is 6.04. The van der Waals surface area contributed by atoms with Crippen molar-refractivity contribution in [1.29, 1.82) is 0 Å². The molecule has 1 aliphatic rings. The lowest BCUT2D eigenvalue weighted by Crippen LogP contribution is -2.47. The van der Waals surface area contributed by atoms with E-state index in [4.69, 9.17) is 10.6 Å². The van der Waals surface area contributed by atoms with E-state index in [1.54, 1.807) is 0 Å². The van der Waals surface area contributed by atoms with Crippen molar-refractivity contribution >= 4 is 0 Å². The van der Waals surface area contributed by atoms with Gasteiger partial charge >= 0.3 is 0 Å². The summed E-state index contributed by atoms with van der Waals surface area (Å²) in [6, 6.07) is 6.64. The first-order valence-corrected chi connectivity index (χ1v) is 7.30. The third-order valence-corrected chi connectivity index (χ3v) is 4.31. The van der Waals surface area contributed by atoms with E-state index in [9.17, 15) is 0 Å². The van der Waals surface area contributed by atoms with Crippen LogP contribution in [0.1, 0.15) is 55.3 Å². The van der Waals surface area contributed by atoms with Crippen molar-refractivity contribution < 1.29 is 4.74 Å². The molecule has 0 heterocycles. The molecule has 3 nitrogen and oxygen atoms in total. The molecule has 0 saturated heterocycles. The van der Waals surface area contributed by atoms with E-state index in [0.29, 0.717) is 0 Å². The van der Waals surface area contributed by atoms with Gasteiger partial charge in [-0.05, 0) is 44.7 Å². The standard InChI is InChI=1S/C16H26N2O/c1-4-19-16(9-5-6-10-16)15(18-17)14-8-7-12(2)11-13(14)3/h7-8,11,15,18H,4-6,9-10,17H2,1-3H3. The summed E-state index contributed by atoms with van der Waals surface area (Å²) in [7, 11) is 0. The van der Waals surface area contributed by atoms with E-state index in [0.717, 1.165) is 19.4 Å². The lowest BCUT2D eigenvalue weighted by molar-refractivity contribution is -0.0628. The number of aryl methyl sites for hydroxylation is 2. The summed E-state index contributed by atoms with van der Waals surface area (Å²) in [6.45, 7) is 7.08. The zero-order valence-electron chi connectivity index (χ0n) is 12.3. The molecule has 19 heavy (non-hydrogen) atoms. The van der Waals surface area contributed by atoms with Crippen LogP contribution in [0.3, 0.4) is 0 Å². The molecule has 1 saturated carbocycles. The van der Waals surface area contributed by atoms with Crippen LogP contribution in [0.4, 0.5) is 0 Å². The van der Waals surface area contributed by atoms with Gasteiger partial charge in [0.25, 0.3) is 0 Å². The average molecular weight is 262 g/mol. The third kappa shape index (κ3) is 2.83. The molecule has 3 heteroatoms. The first kappa shape index (κ1) is 14.5. The monoisotopic (exact) mass is 262 g/mol. The molecule has 1 aromatic rings. The van der Waals surface area contributed by atoms with Crippen molar-refractivity contribution in [2.45, 2.75) is 58.1 Å². The van der Waals surface area contributed by atoms with E-state index in [-0.39, 0.29) is 11.6 Å². The number of nitrogens with one attached hydrogen (secondary N) is 1. The number of rotatable bonds is 5. The maximum absolute atomic E-state index is 6.14. The van der Waals surface area contributed by atoms with E-state index < -0.39 is 0 Å². The minimum Gasteiger partial charge on any atom is -0.373 e. The molecule has 0 spiro atoms. The predicted octanol–water partition coefficient (Wildman–Crippen LogP) is 3.16. The smallest absolute Gasteiger partial charge is 0.0889 e. The Morgan fingerprint density at radius 2 is 2.00 bits per heavy atom. The quantitative estimate of drug-likeness (QED) is 0.633. The minimum atomic E-state index is -0.135. The summed E-state index contributed by atoms with van der Waals surface area (Å²) >= 11 is 0. The Labute approximate surface area is 116 Å². The predicted molar refractivity (Wildman–Crippen MR) is 78.8 cm³/mol. The van der Waals surface area contributed by atoms with Crippen LogP contribution in [0.15, 0.2) is 18.2 Å². The highest BCUT2D eigenvalue weighted by molar-refractivity contribution is 5.34. The number of nitrogens with two attached hydrogens (primary N) is 1. The molecule has 106 valence electrons. The Hall–Kier alpha value is -0.900. The molecular formula is C16H26N2O. The summed E-state index contributed by atoms with van der Waals surface area (Å²) < 4.78 is 6.14. The average Bonchev–Trinajstić information content (AvgIpc) is 2.83. The van der Waals surface area contributed by atoms with Gasteiger partial charge in [0.05, 0.1) is 11.6 Å². The first-order valence-electron chi connectivity index (χ1n) is 7.30. The molecule has 1 atom stereocenters. The molecule has 0 bridgehead atoms. The van der Waals surface area contributed by atoms with Crippen molar-refractivity contribution in [3.8, 4) is 0 Å². The Bertz CT molecular complexity index is 425. The summed E-state index contributed by atoms with van der Waals surface area (Å²) in [4.78, 5) is 0. The van der Waals surface area contributed by atoms with Gasteiger partial charge in [-0.2, -0.15) is 0 Å². The van der Waals surface area contributed by atoms with Gasteiger partial charge in [-0.1, -0.05) is 36.6 Å². The second-order valence-corrected chi connectivity index (χ2v) is 5.66. The number of hydrogen-bond acceptors (Lipinski definition) is 3. The largest absolute Gasteiger partial charge is 0.373 e. The highest BCUT2D eigenvalue weighted by Crippen LogP contribution is 2.43. The Balaban J connectivity index is 2.36. The fourth-order valence-corrected chi connectivity index (χ4v) is 3.45. The lowest BCUT2D eigenvalue weighted by atomic mass is 9.84. The normalized spacial score (nSPS) is 19.6. The second-order valence-electron chi connectivity index (χ2n) is 5.66. The zero-order valence-corrected chi connectivity index (χ0v) is 12.3. The number of benzene rings is 1. The van der Waals surface area contributed by atoms with Crippen LogP contribution in [0.25, 0.3) is 0 Å². The lowest BCUT2D eigenvalue weighted by Gasteiger charge is -2.38. The maximum atomic E-state index is 6.14. The summed E-state index contributed by atoms with van der Waals surface area (Å²) in [5.41, 5.74) is 6.72. The van der Waals surface area contributed by atoms with E-state index in [1.807, 2.05) is 0 Å². The molecule has 1 aromatic carbocycles. The highest BCUT2D eigenvalue weighted by Gasteiger charge is 2.43. The summed E-state index contributed by atoms with van der Waals surface area (Å²) in [6.07, 6.45) is 4.62. The van der Waals surface area contributed by atoms with E-state index in [1.165, 1.54) is 29.5 Å². The van der Waals surface area contributed by atoms with Gasteiger partial charge in [0.2, 0.25) is 0 Å². The molecule has 0 aromatic heterocycles. The fraction of sp³-hybridized carbons (Fsp3) is 0.625. The topological polar surface area (TPSA) is 47.3 Å². The minimum absolute atomic E-state index is 0.0792. The van der Waals surface area contributed by atoms with Gasteiger partial charge in [-0.15, -0.1) is 0 Å². The molecule has 0 aliphatic heterocycles. The number of hydrazine groups is 1. The van der Waals surface area contributed by atoms with Gasteiger partial charge in [0.15, 0.2) is 0 Å². The molecule has 2 rings (SSSR count). The first-order chi connectivity index (χ1) is 9.13. The Morgan fingerprint density at radius 1 is 1.32 bits per heavy atom.